The molecule has 0 radical (unpaired) electrons. The third-order valence-corrected chi connectivity index (χ3v) is 6.54. The molecule has 5 rings (SSSR count). The maximum Gasteiger partial charge on any atom is 0.254 e. The predicted octanol–water partition coefficient (Wildman–Crippen LogP) is 3.38. The highest BCUT2D eigenvalue weighted by atomic mass is 16.5. The molecule has 1 aliphatic rings. The molecule has 12 nitrogen and oxygen atoms in total. The summed E-state index contributed by atoms with van der Waals surface area (Å²) >= 11 is 0. The van der Waals surface area contributed by atoms with Crippen LogP contribution in [0.1, 0.15) is 31.1 Å². The Balaban J connectivity index is 1.35. The second kappa shape index (κ2) is 12.1. The second-order valence-corrected chi connectivity index (χ2v) is 8.95. The minimum atomic E-state index is -0.0959. The zero-order valence-corrected chi connectivity index (χ0v) is 23.2. The number of amides is 1. The molecular formula is C28H33N7O5. The molecule has 0 N–H and O–H groups in total. The molecular weight excluding hydrogens is 514 g/mol. The van der Waals surface area contributed by atoms with Gasteiger partial charge in [-0.15, -0.1) is 5.10 Å². The lowest BCUT2D eigenvalue weighted by Crippen LogP contribution is -2.49. The summed E-state index contributed by atoms with van der Waals surface area (Å²) in [6.07, 6.45) is 1.51. The van der Waals surface area contributed by atoms with Crippen molar-refractivity contribution in [1.82, 2.24) is 29.9 Å². The lowest BCUT2D eigenvalue weighted by Gasteiger charge is -2.35. The lowest BCUT2D eigenvalue weighted by molar-refractivity contribution is 0.0745. The van der Waals surface area contributed by atoms with Crippen LogP contribution in [0, 0.1) is 0 Å². The lowest BCUT2D eigenvalue weighted by atomic mass is 10.1. The van der Waals surface area contributed by atoms with Crippen molar-refractivity contribution in [3.63, 3.8) is 0 Å². The van der Waals surface area contributed by atoms with Crippen molar-refractivity contribution in [2.75, 3.05) is 58.0 Å². The SMILES string of the molecule is CCOc1cc(C(=O)N2CCN(c3ncnc4c3nnn4-c3cccc(OC)c3)CC2)cc(OCC)c1OCC. The summed E-state index contributed by atoms with van der Waals surface area (Å²) in [7, 11) is 1.62. The second-order valence-electron chi connectivity index (χ2n) is 8.95. The van der Waals surface area contributed by atoms with Gasteiger partial charge >= 0.3 is 0 Å². The molecule has 2 aromatic heterocycles. The number of piperazine rings is 1. The van der Waals surface area contributed by atoms with Gasteiger partial charge in [0.15, 0.2) is 28.5 Å². The molecule has 1 saturated heterocycles. The zero-order valence-electron chi connectivity index (χ0n) is 23.2. The summed E-state index contributed by atoms with van der Waals surface area (Å²) < 4.78 is 24.4. The molecule has 0 unspecified atom stereocenters. The van der Waals surface area contributed by atoms with Crippen LogP contribution in [0.2, 0.25) is 0 Å². The fraction of sp³-hybridized carbons (Fsp3) is 0.393. The van der Waals surface area contributed by atoms with E-state index >= 15 is 0 Å². The van der Waals surface area contributed by atoms with E-state index in [2.05, 4.69) is 25.2 Å². The first-order valence-corrected chi connectivity index (χ1v) is 13.4. The zero-order chi connectivity index (χ0) is 28.1. The molecule has 0 saturated carbocycles. The maximum atomic E-state index is 13.5. The van der Waals surface area contributed by atoms with E-state index in [1.807, 2.05) is 49.9 Å². The number of fused-ring (bicyclic) bond motifs is 1. The van der Waals surface area contributed by atoms with Crippen LogP contribution in [-0.2, 0) is 0 Å². The number of nitrogens with zero attached hydrogens (tertiary/aromatic N) is 7. The number of rotatable bonds is 10. The topological polar surface area (TPSA) is 117 Å². The van der Waals surface area contributed by atoms with E-state index in [1.165, 1.54) is 6.33 Å². The van der Waals surface area contributed by atoms with Crippen LogP contribution in [0.3, 0.4) is 0 Å². The van der Waals surface area contributed by atoms with Crippen molar-refractivity contribution in [3.05, 3.63) is 48.3 Å². The Kier molecular flexibility index (Phi) is 8.13. The van der Waals surface area contributed by atoms with Crippen molar-refractivity contribution < 1.29 is 23.7 Å². The van der Waals surface area contributed by atoms with Gasteiger partial charge in [0.05, 0.1) is 32.6 Å². The molecule has 3 heterocycles. The quantitative estimate of drug-likeness (QED) is 0.292. The van der Waals surface area contributed by atoms with Gasteiger partial charge in [0, 0.05) is 37.8 Å². The average molecular weight is 548 g/mol. The molecule has 0 bridgehead atoms. The number of ether oxygens (including phenoxy) is 4. The molecule has 2 aromatic carbocycles. The number of hydrogen-bond donors (Lipinski definition) is 0. The van der Waals surface area contributed by atoms with Crippen molar-refractivity contribution >= 4 is 22.9 Å². The van der Waals surface area contributed by atoms with E-state index in [4.69, 9.17) is 18.9 Å². The van der Waals surface area contributed by atoms with Crippen LogP contribution in [0.5, 0.6) is 23.0 Å². The average Bonchev–Trinajstić information content (AvgIpc) is 3.43. The minimum Gasteiger partial charge on any atom is -0.497 e. The number of aromatic nitrogens is 5. The number of carbonyl (C=O) groups is 1. The van der Waals surface area contributed by atoms with Gasteiger partial charge in [-0.05, 0) is 45.0 Å². The Morgan fingerprint density at radius 3 is 2.25 bits per heavy atom. The van der Waals surface area contributed by atoms with E-state index < -0.39 is 0 Å². The molecule has 40 heavy (non-hydrogen) atoms. The van der Waals surface area contributed by atoms with E-state index in [-0.39, 0.29) is 5.91 Å². The molecule has 0 spiro atoms. The van der Waals surface area contributed by atoms with Crippen molar-refractivity contribution in [2.24, 2.45) is 0 Å². The molecule has 1 aliphatic heterocycles. The van der Waals surface area contributed by atoms with Crippen LogP contribution in [0.15, 0.2) is 42.7 Å². The summed E-state index contributed by atoms with van der Waals surface area (Å²) in [5.74, 6) is 2.82. The van der Waals surface area contributed by atoms with Crippen molar-refractivity contribution in [3.8, 4) is 28.7 Å². The number of hydrogen-bond acceptors (Lipinski definition) is 10. The Morgan fingerprint density at radius 1 is 0.900 bits per heavy atom. The first-order chi connectivity index (χ1) is 19.6. The Bertz CT molecular complexity index is 1460. The van der Waals surface area contributed by atoms with E-state index in [9.17, 15) is 4.79 Å². The standard InChI is InChI=1S/C28H33N7O5/c1-5-38-22-15-19(16-23(39-6-2)25(22)40-7-3)28(36)34-13-11-33(12-14-34)26-24-27(30-18-29-26)35(32-31-24)20-9-8-10-21(17-20)37-4/h8-10,15-18H,5-7,11-14H2,1-4H3. The van der Waals surface area contributed by atoms with Crippen LogP contribution in [0.25, 0.3) is 16.9 Å². The van der Waals surface area contributed by atoms with Gasteiger partial charge in [-0.1, -0.05) is 11.3 Å². The van der Waals surface area contributed by atoms with Gasteiger partial charge < -0.3 is 28.7 Å². The summed E-state index contributed by atoms with van der Waals surface area (Å²) in [6.45, 7) is 9.20. The molecule has 0 atom stereocenters. The smallest absolute Gasteiger partial charge is 0.254 e. The Morgan fingerprint density at radius 2 is 1.60 bits per heavy atom. The molecule has 4 aromatic rings. The summed E-state index contributed by atoms with van der Waals surface area (Å²) in [6, 6.07) is 11.0. The highest BCUT2D eigenvalue weighted by molar-refractivity contribution is 5.96. The van der Waals surface area contributed by atoms with Crippen LogP contribution in [-0.4, -0.2) is 88.9 Å². The third kappa shape index (κ3) is 5.29. The number of benzene rings is 2. The molecule has 0 aliphatic carbocycles. The van der Waals surface area contributed by atoms with Gasteiger partial charge in [0.25, 0.3) is 5.91 Å². The van der Waals surface area contributed by atoms with Gasteiger partial charge in [-0.3, -0.25) is 4.79 Å². The highest BCUT2D eigenvalue weighted by Gasteiger charge is 2.27. The normalized spacial score (nSPS) is 13.4. The van der Waals surface area contributed by atoms with Crippen LogP contribution >= 0.6 is 0 Å². The van der Waals surface area contributed by atoms with Gasteiger partial charge in [-0.25, -0.2) is 9.97 Å². The number of anilines is 1. The monoisotopic (exact) mass is 547 g/mol. The first-order valence-electron chi connectivity index (χ1n) is 13.4. The van der Waals surface area contributed by atoms with Gasteiger partial charge in [0.2, 0.25) is 5.75 Å². The Hall–Kier alpha value is -4.61. The van der Waals surface area contributed by atoms with E-state index in [1.54, 1.807) is 23.9 Å². The number of methoxy groups -OCH3 is 1. The van der Waals surface area contributed by atoms with Gasteiger partial charge in [-0.2, -0.15) is 4.68 Å². The first kappa shape index (κ1) is 27.0. The summed E-state index contributed by atoms with van der Waals surface area (Å²) in [5.41, 5.74) is 2.47. The van der Waals surface area contributed by atoms with Gasteiger partial charge in [0.1, 0.15) is 12.1 Å². The van der Waals surface area contributed by atoms with Crippen molar-refractivity contribution in [1.29, 1.82) is 0 Å². The summed E-state index contributed by atoms with van der Waals surface area (Å²) in [5, 5.41) is 8.72. The fourth-order valence-electron chi connectivity index (χ4n) is 4.70. The molecule has 210 valence electrons. The van der Waals surface area contributed by atoms with E-state index in [0.717, 1.165) is 5.69 Å². The predicted molar refractivity (Wildman–Crippen MR) is 149 cm³/mol. The fourth-order valence-corrected chi connectivity index (χ4v) is 4.70. The molecule has 12 heteroatoms. The summed E-state index contributed by atoms with van der Waals surface area (Å²) in [4.78, 5) is 26.4. The highest BCUT2D eigenvalue weighted by Crippen LogP contribution is 2.39. The number of carbonyl (C=O) groups excluding carboxylic acids is 1. The minimum absolute atomic E-state index is 0.0959. The van der Waals surface area contributed by atoms with Crippen LogP contribution in [0.4, 0.5) is 5.82 Å². The van der Waals surface area contributed by atoms with E-state index in [0.29, 0.717) is 91.5 Å². The van der Waals surface area contributed by atoms with Crippen molar-refractivity contribution in [2.45, 2.75) is 20.8 Å². The maximum absolute atomic E-state index is 13.5. The van der Waals surface area contributed by atoms with Crippen LogP contribution < -0.4 is 23.8 Å². The Labute approximate surface area is 232 Å². The molecule has 1 amide bonds. The largest absolute Gasteiger partial charge is 0.497 e. The molecule has 1 fully saturated rings. The third-order valence-electron chi connectivity index (χ3n) is 6.54.